The van der Waals surface area contributed by atoms with Gasteiger partial charge in [0.05, 0.1) is 18.4 Å². The molecule has 3 aromatic rings. The first-order valence-corrected chi connectivity index (χ1v) is 11.7. The van der Waals surface area contributed by atoms with E-state index in [4.69, 9.17) is 4.74 Å². The van der Waals surface area contributed by atoms with E-state index in [0.29, 0.717) is 22.3 Å². The molecule has 0 saturated heterocycles. The highest BCUT2D eigenvalue weighted by molar-refractivity contribution is 7.99. The summed E-state index contributed by atoms with van der Waals surface area (Å²) >= 11 is 2.77. The Morgan fingerprint density at radius 2 is 2.10 bits per heavy atom. The van der Waals surface area contributed by atoms with Crippen LogP contribution in [-0.4, -0.2) is 39.5 Å². The number of aromatic nitrogens is 3. The number of carbonyl (C=O) groups is 2. The normalized spacial score (nSPS) is 12.4. The first kappa shape index (κ1) is 21.3. The number of carbonyl (C=O) groups excluding carboxylic acids is 2. The predicted octanol–water partition coefficient (Wildman–Crippen LogP) is 4.20. The average Bonchev–Trinajstić information content (AvgIpc) is 3.47. The maximum Gasteiger partial charge on any atom is 0.341 e. The summed E-state index contributed by atoms with van der Waals surface area (Å²) in [6.07, 6.45) is 4.57. The molecule has 2 aromatic heterocycles. The Balaban J connectivity index is 1.48. The smallest absolute Gasteiger partial charge is 0.341 e. The molecular weight excluding hydrogens is 432 g/mol. The van der Waals surface area contributed by atoms with Gasteiger partial charge in [-0.3, -0.25) is 9.36 Å². The first-order valence-electron chi connectivity index (χ1n) is 9.87. The molecule has 9 heteroatoms. The van der Waals surface area contributed by atoms with E-state index >= 15 is 0 Å². The zero-order valence-corrected chi connectivity index (χ0v) is 18.7. The highest BCUT2D eigenvalue weighted by atomic mass is 32.2. The van der Waals surface area contributed by atoms with Gasteiger partial charge in [0.25, 0.3) is 0 Å². The predicted molar refractivity (Wildman–Crippen MR) is 123 cm³/mol. The van der Waals surface area contributed by atoms with Crippen LogP contribution in [0.5, 0.6) is 0 Å². The minimum Gasteiger partial charge on any atom is -0.465 e. The van der Waals surface area contributed by atoms with E-state index in [2.05, 4.69) is 22.1 Å². The Labute approximate surface area is 188 Å². The van der Waals surface area contributed by atoms with Crippen LogP contribution in [0.15, 0.2) is 48.1 Å². The summed E-state index contributed by atoms with van der Waals surface area (Å²) in [5.74, 6) is 0.268. The summed E-state index contributed by atoms with van der Waals surface area (Å²) in [5, 5.41) is 12.7. The second-order valence-electron chi connectivity index (χ2n) is 6.96. The van der Waals surface area contributed by atoms with Crippen molar-refractivity contribution in [1.82, 2.24) is 14.8 Å². The maximum atomic E-state index is 12.7. The minimum absolute atomic E-state index is 0.146. The molecule has 0 saturated carbocycles. The fourth-order valence-corrected chi connectivity index (χ4v) is 5.63. The number of thiophene rings is 1. The van der Waals surface area contributed by atoms with Gasteiger partial charge in [-0.05, 0) is 24.8 Å². The number of benzene rings is 1. The van der Waals surface area contributed by atoms with E-state index in [-0.39, 0.29) is 11.7 Å². The maximum absolute atomic E-state index is 12.7. The summed E-state index contributed by atoms with van der Waals surface area (Å²) in [7, 11) is 1.36. The number of thioether (sulfide) groups is 1. The number of nitrogens with zero attached hydrogens (tertiary/aromatic N) is 3. The number of methoxy groups -OCH3 is 1. The highest BCUT2D eigenvalue weighted by Crippen LogP contribution is 2.39. The lowest BCUT2D eigenvalue weighted by atomic mass is 10.1. The molecule has 0 fully saturated rings. The van der Waals surface area contributed by atoms with Crippen molar-refractivity contribution in [2.75, 3.05) is 18.2 Å². The number of anilines is 1. The van der Waals surface area contributed by atoms with Crippen LogP contribution in [0.4, 0.5) is 5.00 Å². The van der Waals surface area contributed by atoms with Crippen LogP contribution in [0, 0.1) is 0 Å². The lowest BCUT2D eigenvalue weighted by Crippen LogP contribution is -2.16. The second kappa shape index (κ2) is 9.49. The number of hydrogen-bond acceptors (Lipinski definition) is 7. The number of fused-ring (bicyclic) bond motifs is 1. The van der Waals surface area contributed by atoms with Crippen molar-refractivity contribution in [3.05, 3.63) is 59.0 Å². The zero-order chi connectivity index (χ0) is 21.8. The molecule has 1 amide bonds. The van der Waals surface area contributed by atoms with Gasteiger partial charge in [0, 0.05) is 17.0 Å². The summed E-state index contributed by atoms with van der Waals surface area (Å²) < 4.78 is 6.87. The summed E-state index contributed by atoms with van der Waals surface area (Å²) in [6, 6.07) is 9.77. The van der Waals surface area contributed by atoms with Gasteiger partial charge in [-0.2, -0.15) is 0 Å². The molecule has 1 N–H and O–H groups in total. The van der Waals surface area contributed by atoms with Gasteiger partial charge in [0.2, 0.25) is 5.91 Å². The van der Waals surface area contributed by atoms with E-state index < -0.39 is 5.97 Å². The summed E-state index contributed by atoms with van der Waals surface area (Å²) in [6.45, 7) is 4.35. The molecule has 160 valence electrons. The number of nitrogens with one attached hydrogen (secondary N) is 1. The van der Waals surface area contributed by atoms with E-state index in [9.17, 15) is 9.59 Å². The highest BCUT2D eigenvalue weighted by Gasteiger charge is 2.28. The number of hydrogen-bond donors (Lipinski definition) is 1. The Bertz CT molecular complexity index is 1120. The molecular formula is C22H22N4O3S2. The van der Waals surface area contributed by atoms with Crippen LogP contribution >= 0.6 is 23.1 Å². The molecule has 1 aliphatic rings. The topological polar surface area (TPSA) is 86.1 Å². The lowest BCUT2D eigenvalue weighted by Gasteiger charge is -2.09. The molecule has 1 aromatic carbocycles. The van der Waals surface area contributed by atoms with Gasteiger partial charge in [0.1, 0.15) is 5.00 Å². The van der Waals surface area contributed by atoms with Crippen LogP contribution in [-0.2, 0) is 28.9 Å². The lowest BCUT2D eigenvalue weighted by molar-refractivity contribution is -0.113. The third-order valence-electron chi connectivity index (χ3n) is 4.96. The van der Waals surface area contributed by atoms with Gasteiger partial charge in [-0.15, -0.1) is 28.1 Å². The van der Waals surface area contributed by atoms with Crippen molar-refractivity contribution in [2.24, 2.45) is 0 Å². The number of ether oxygens (including phenoxy) is 1. The number of esters is 1. The molecule has 7 nitrogen and oxygen atoms in total. The van der Waals surface area contributed by atoms with Gasteiger partial charge < -0.3 is 10.1 Å². The van der Waals surface area contributed by atoms with Crippen LogP contribution in [0.3, 0.4) is 0 Å². The van der Waals surface area contributed by atoms with Gasteiger partial charge in [-0.25, -0.2) is 4.79 Å². The van der Waals surface area contributed by atoms with Gasteiger partial charge >= 0.3 is 5.97 Å². The molecule has 31 heavy (non-hydrogen) atoms. The summed E-state index contributed by atoms with van der Waals surface area (Å²) in [4.78, 5) is 26.1. The van der Waals surface area contributed by atoms with Crippen molar-refractivity contribution in [3.8, 4) is 11.4 Å². The fraction of sp³-hybridized carbons (Fsp3) is 0.273. The Hall–Kier alpha value is -2.91. The molecule has 1 aliphatic carbocycles. The number of rotatable bonds is 8. The third-order valence-corrected chi connectivity index (χ3v) is 7.13. The van der Waals surface area contributed by atoms with Crippen LogP contribution in [0.2, 0.25) is 0 Å². The zero-order valence-electron chi connectivity index (χ0n) is 17.1. The van der Waals surface area contributed by atoms with E-state index in [1.165, 1.54) is 30.2 Å². The van der Waals surface area contributed by atoms with E-state index in [0.717, 1.165) is 41.1 Å². The molecule has 0 spiro atoms. The van der Waals surface area contributed by atoms with Crippen LogP contribution in [0.1, 0.15) is 27.2 Å². The SMILES string of the molecule is C=CCn1c(SCC(=O)Nc2sc3c(c2C(=O)OC)CCC3)nnc1-c1ccccc1. The van der Waals surface area contributed by atoms with Crippen molar-refractivity contribution in [1.29, 1.82) is 0 Å². The van der Waals surface area contributed by atoms with Gasteiger partial charge in [0.15, 0.2) is 11.0 Å². The van der Waals surface area contributed by atoms with Gasteiger partial charge in [-0.1, -0.05) is 48.2 Å². The standard InChI is InChI=1S/C22H22N4O3S2/c1-3-12-26-19(14-8-5-4-6-9-14)24-25-22(26)30-13-17(27)23-20-18(21(28)29-2)15-10-7-11-16(15)31-20/h3-6,8-9H,1,7,10-13H2,2H3,(H,23,27). The quantitative estimate of drug-likeness (QED) is 0.312. The average molecular weight is 455 g/mol. The Morgan fingerprint density at radius 3 is 2.84 bits per heavy atom. The van der Waals surface area contributed by atoms with Crippen LogP contribution < -0.4 is 5.32 Å². The molecule has 4 rings (SSSR count). The second-order valence-corrected chi connectivity index (χ2v) is 9.01. The molecule has 0 unspecified atom stereocenters. The molecule has 0 atom stereocenters. The van der Waals surface area contributed by atoms with Crippen molar-refractivity contribution in [2.45, 2.75) is 31.0 Å². The van der Waals surface area contributed by atoms with E-state index in [1.54, 1.807) is 6.08 Å². The molecule has 2 heterocycles. The Kier molecular flexibility index (Phi) is 6.53. The fourth-order valence-electron chi connectivity index (χ4n) is 3.59. The molecule has 0 radical (unpaired) electrons. The van der Waals surface area contributed by atoms with Crippen LogP contribution in [0.25, 0.3) is 11.4 Å². The number of allylic oxidation sites excluding steroid dienone is 1. The first-order chi connectivity index (χ1) is 15.1. The van der Waals surface area contributed by atoms with Crippen molar-refractivity contribution >= 4 is 40.0 Å². The molecule has 0 bridgehead atoms. The summed E-state index contributed by atoms with van der Waals surface area (Å²) in [5.41, 5.74) is 2.46. The largest absolute Gasteiger partial charge is 0.465 e. The monoisotopic (exact) mass is 454 g/mol. The van der Waals surface area contributed by atoms with E-state index in [1.807, 2.05) is 34.9 Å². The third kappa shape index (κ3) is 4.42. The Morgan fingerprint density at radius 1 is 1.29 bits per heavy atom. The van der Waals surface area contributed by atoms with Crippen molar-refractivity contribution in [3.63, 3.8) is 0 Å². The number of aryl methyl sites for hydroxylation is 1. The van der Waals surface area contributed by atoms with Crippen molar-refractivity contribution < 1.29 is 14.3 Å². The molecule has 0 aliphatic heterocycles. The minimum atomic E-state index is -0.402. The number of amides is 1.